The van der Waals surface area contributed by atoms with Crippen LogP contribution in [-0.2, 0) is 0 Å². The third-order valence-electron chi connectivity index (χ3n) is 3.03. The molecule has 5 heteroatoms. The van der Waals surface area contributed by atoms with Crippen molar-refractivity contribution in [2.24, 2.45) is 0 Å². The molecular weight excluding hydrogens is 242 g/mol. The minimum absolute atomic E-state index is 0.0386. The van der Waals surface area contributed by atoms with Crippen molar-refractivity contribution in [1.82, 2.24) is 15.0 Å². The lowest BCUT2D eigenvalue weighted by Gasteiger charge is -2.01. The zero-order chi connectivity index (χ0) is 13.4. The second-order valence-corrected chi connectivity index (χ2v) is 4.28. The first-order valence-electron chi connectivity index (χ1n) is 6.11. The molecule has 0 radical (unpaired) electrons. The molecule has 0 aliphatic carbocycles. The molecule has 5 nitrogen and oxygen atoms in total. The Morgan fingerprint density at radius 2 is 2.21 bits per heavy atom. The van der Waals surface area contributed by atoms with E-state index in [4.69, 9.17) is 4.74 Å². The van der Waals surface area contributed by atoms with Crippen molar-refractivity contribution in [2.75, 3.05) is 6.61 Å². The Balaban J connectivity index is 2.31. The number of benzene rings is 1. The predicted octanol–water partition coefficient (Wildman–Crippen LogP) is 2.71. The van der Waals surface area contributed by atoms with E-state index >= 15 is 0 Å². The number of aromatic nitrogens is 3. The van der Waals surface area contributed by atoms with Gasteiger partial charge in [0.1, 0.15) is 17.4 Å². The number of carbonyl (C=O) groups is 1. The van der Waals surface area contributed by atoms with Gasteiger partial charge in [0.25, 0.3) is 0 Å². The summed E-state index contributed by atoms with van der Waals surface area (Å²) in [5, 5.41) is 0.961. The number of H-pyrrole nitrogens is 1. The van der Waals surface area contributed by atoms with Gasteiger partial charge in [0.2, 0.25) is 5.88 Å². The van der Waals surface area contributed by atoms with Crippen LogP contribution >= 0.6 is 0 Å². The first-order valence-corrected chi connectivity index (χ1v) is 6.11. The molecule has 0 aliphatic heterocycles. The van der Waals surface area contributed by atoms with Gasteiger partial charge in [-0.25, -0.2) is 4.98 Å². The monoisotopic (exact) mass is 255 g/mol. The van der Waals surface area contributed by atoms with E-state index in [1.165, 1.54) is 6.33 Å². The van der Waals surface area contributed by atoms with Crippen LogP contribution in [0.1, 0.15) is 24.2 Å². The van der Waals surface area contributed by atoms with Gasteiger partial charge in [-0.05, 0) is 26.0 Å². The quantitative estimate of drug-likeness (QED) is 0.731. The van der Waals surface area contributed by atoms with Crippen molar-refractivity contribution in [1.29, 1.82) is 0 Å². The number of hydrogen-bond donors (Lipinski definition) is 1. The van der Waals surface area contributed by atoms with Crippen LogP contribution in [0.5, 0.6) is 5.88 Å². The molecule has 0 aliphatic rings. The molecule has 19 heavy (non-hydrogen) atoms. The summed E-state index contributed by atoms with van der Waals surface area (Å²) in [7, 11) is 0. The summed E-state index contributed by atoms with van der Waals surface area (Å²) in [5.74, 6) is 0.574. The van der Waals surface area contributed by atoms with Crippen molar-refractivity contribution in [3.05, 3.63) is 30.1 Å². The molecule has 0 unspecified atom stereocenters. The van der Waals surface area contributed by atoms with Crippen LogP contribution in [0.25, 0.3) is 21.9 Å². The molecule has 2 aromatic heterocycles. The zero-order valence-electron chi connectivity index (χ0n) is 10.7. The van der Waals surface area contributed by atoms with Crippen LogP contribution in [0, 0.1) is 0 Å². The molecule has 0 saturated heterocycles. The van der Waals surface area contributed by atoms with E-state index < -0.39 is 0 Å². The van der Waals surface area contributed by atoms with E-state index in [0.717, 1.165) is 21.9 Å². The third kappa shape index (κ3) is 1.83. The smallest absolute Gasteiger partial charge is 0.241 e. The number of fused-ring (bicyclic) bond motifs is 3. The molecular formula is C14H13N3O2. The summed E-state index contributed by atoms with van der Waals surface area (Å²) in [5.41, 5.74) is 3.11. The van der Waals surface area contributed by atoms with Crippen molar-refractivity contribution >= 4 is 27.7 Å². The second kappa shape index (κ2) is 4.35. The Hall–Kier alpha value is -2.43. The average molecular weight is 255 g/mol. The van der Waals surface area contributed by atoms with Gasteiger partial charge in [0, 0.05) is 16.5 Å². The SMILES string of the molecule is CCOc1ncnc2c1[nH]c1cc(C(C)=O)ccc12. The summed E-state index contributed by atoms with van der Waals surface area (Å²) in [6, 6.07) is 5.53. The largest absolute Gasteiger partial charge is 0.476 e. The van der Waals surface area contributed by atoms with E-state index in [1.54, 1.807) is 13.0 Å². The van der Waals surface area contributed by atoms with Gasteiger partial charge in [-0.15, -0.1) is 0 Å². The number of carbonyl (C=O) groups excluding carboxylic acids is 1. The number of ether oxygens (including phenoxy) is 1. The number of ketones is 1. The number of rotatable bonds is 3. The number of nitrogens with zero attached hydrogens (tertiary/aromatic N) is 2. The molecule has 1 N–H and O–H groups in total. The molecule has 3 rings (SSSR count). The van der Waals surface area contributed by atoms with Gasteiger partial charge in [-0.1, -0.05) is 6.07 Å². The Bertz CT molecular complexity index is 777. The molecule has 0 saturated carbocycles. The van der Waals surface area contributed by atoms with Crippen LogP contribution in [0.2, 0.25) is 0 Å². The topological polar surface area (TPSA) is 67.9 Å². The number of aromatic amines is 1. The molecule has 2 heterocycles. The van der Waals surface area contributed by atoms with Gasteiger partial charge in [0.15, 0.2) is 5.78 Å². The van der Waals surface area contributed by atoms with E-state index in [2.05, 4.69) is 15.0 Å². The lowest BCUT2D eigenvalue weighted by Crippen LogP contribution is -1.95. The fourth-order valence-electron chi connectivity index (χ4n) is 2.14. The minimum Gasteiger partial charge on any atom is -0.476 e. The van der Waals surface area contributed by atoms with Gasteiger partial charge < -0.3 is 9.72 Å². The first kappa shape index (κ1) is 11.6. The average Bonchev–Trinajstić information content (AvgIpc) is 2.78. The van der Waals surface area contributed by atoms with Crippen LogP contribution in [-0.4, -0.2) is 27.3 Å². The lowest BCUT2D eigenvalue weighted by atomic mass is 10.1. The van der Waals surface area contributed by atoms with Crippen LogP contribution in [0.4, 0.5) is 0 Å². The van der Waals surface area contributed by atoms with Gasteiger partial charge in [-0.2, -0.15) is 4.98 Å². The maximum Gasteiger partial charge on any atom is 0.241 e. The maximum absolute atomic E-state index is 11.4. The summed E-state index contributed by atoms with van der Waals surface area (Å²) >= 11 is 0. The molecule has 0 bridgehead atoms. The van der Waals surface area contributed by atoms with Crippen molar-refractivity contribution in [3.8, 4) is 5.88 Å². The fraction of sp³-hybridized carbons (Fsp3) is 0.214. The van der Waals surface area contributed by atoms with Crippen LogP contribution in [0.3, 0.4) is 0 Å². The zero-order valence-corrected chi connectivity index (χ0v) is 10.7. The minimum atomic E-state index is 0.0386. The Kier molecular flexibility index (Phi) is 2.67. The number of hydrogen-bond acceptors (Lipinski definition) is 4. The van der Waals surface area contributed by atoms with E-state index in [1.807, 2.05) is 19.1 Å². The fourth-order valence-corrected chi connectivity index (χ4v) is 2.14. The third-order valence-corrected chi connectivity index (χ3v) is 3.03. The summed E-state index contributed by atoms with van der Waals surface area (Å²) in [6.45, 7) is 4.00. The Morgan fingerprint density at radius 3 is 2.95 bits per heavy atom. The van der Waals surface area contributed by atoms with Gasteiger partial charge in [0.05, 0.1) is 6.61 Å². The molecule has 0 atom stereocenters. The molecule has 96 valence electrons. The van der Waals surface area contributed by atoms with Gasteiger partial charge in [-0.3, -0.25) is 4.79 Å². The first-order chi connectivity index (χ1) is 9.20. The van der Waals surface area contributed by atoms with E-state index in [0.29, 0.717) is 18.1 Å². The number of nitrogens with one attached hydrogen (secondary N) is 1. The second-order valence-electron chi connectivity index (χ2n) is 4.28. The highest BCUT2D eigenvalue weighted by molar-refractivity contribution is 6.08. The predicted molar refractivity (Wildman–Crippen MR) is 72.6 cm³/mol. The summed E-state index contributed by atoms with van der Waals surface area (Å²) in [4.78, 5) is 23.0. The highest BCUT2D eigenvalue weighted by atomic mass is 16.5. The lowest BCUT2D eigenvalue weighted by molar-refractivity contribution is 0.101. The van der Waals surface area contributed by atoms with E-state index in [-0.39, 0.29) is 5.78 Å². The molecule has 0 fully saturated rings. The van der Waals surface area contributed by atoms with E-state index in [9.17, 15) is 4.79 Å². The number of Topliss-reactive ketones (excluding diaryl/α,β-unsaturated/α-hetero) is 1. The maximum atomic E-state index is 11.4. The molecule has 0 spiro atoms. The Labute approximate surface area is 109 Å². The summed E-state index contributed by atoms with van der Waals surface area (Å²) < 4.78 is 5.48. The van der Waals surface area contributed by atoms with Crippen molar-refractivity contribution in [2.45, 2.75) is 13.8 Å². The highest BCUT2D eigenvalue weighted by Gasteiger charge is 2.12. The molecule has 3 aromatic rings. The highest BCUT2D eigenvalue weighted by Crippen LogP contribution is 2.28. The van der Waals surface area contributed by atoms with Gasteiger partial charge >= 0.3 is 0 Å². The van der Waals surface area contributed by atoms with Crippen molar-refractivity contribution < 1.29 is 9.53 Å². The van der Waals surface area contributed by atoms with Crippen LogP contribution in [0.15, 0.2) is 24.5 Å². The van der Waals surface area contributed by atoms with Crippen LogP contribution < -0.4 is 4.74 Å². The van der Waals surface area contributed by atoms with Crippen molar-refractivity contribution in [3.63, 3.8) is 0 Å². The molecule has 1 aromatic carbocycles. The Morgan fingerprint density at radius 1 is 1.37 bits per heavy atom. The standard InChI is InChI=1S/C14H13N3O2/c1-3-19-14-13-12(15-7-16-14)10-5-4-9(8(2)18)6-11(10)17-13/h4-7,17H,3H2,1-2H3. The normalized spacial score (nSPS) is 11.1. The molecule has 0 amide bonds. The summed E-state index contributed by atoms with van der Waals surface area (Å²) in [6.07, 6.45) is 1.49.